The zero-order valence-corrected chi connectivity index (χ0v) is 11.5. The molecule has 104 valence electrons. The highest BCUT2D eigenvalue weighted by Crippen LogP contribution is 2.37. The maximum absolute atomic E-state index is 12.2. The van der Waals surface area contributed by atoms with Gasteiger partial charge in [-0.15, -0.1) is 11.8 Å². The Balaban J connectivity index is 2.00. The zero-order chi connectivity index (χ0) is 13.9. The second kappa shape index (κ2) is 5.64. The predicted molar refractivity (Wildman–Crippen MR) is 72.0 cm³/mol. The van der Waals surface area contributed by atoms with E-state index in [0.717, 1.165) is 18.6 Å². The van der Waals surface area contributed by atoms with E-state index in [4.69, 9.17) is 0 Å². The Kier molecular flexibility index (Phi) is 4.14. The number of aromatic amines is 1. The van der Waals surface area contributed by atoms with Crippen LogP contribution >= 0.6 is 11.8 Å². The van der Waals surface area contributed by atoms with Gasteiger partial charge in [0.25, 0.3) is 0 Å². The summed E-state index contributed by atoms with van der Waals surface area (Å²) in [6, 6.07) is -0.925. The molecule has 1 aliphatic heterocycles. The largest absolute Gasteiger partial charge is 0.480 e. The normalized spacial score (nSPS) is 24.1. The maximum Gasteiger partial charge on any atom is 0.326 e. The highest BCUT2D eigenvalue weighted by molar-refractivity contribution is 8.01. The Morgan fingerprint density at radius 3 is 3.00 bits per heavy atom. The molecule has 6 nitrogen and oxygen atoms in total. The topological polar surface area (TPSA) is 95.1 Å². The van der Waals surface area contributed by atoms with Crippen LogP contribution in [-0.2, 0) is 16.0 Å². The Morgan fingerprint density at radius 1 is 1.68 bits per heavy atom. The van der Waals surface area contributed by atoms with Gasteiger partial charge in [-0.1, -0.05) is 0 Å². The Bertz CT molecular complexity index is 455. The minimum Gasteiger partial charge on any atom is -0.480 e. The van der Waals surface area contributed by atoms with Crippen LogP contribution in [0.5, 0.6) is 0 Å². The number of carbonyl (C=O) groups excluding carboxylic acids is 1. The summed E-state index contributed by atoms with van der Waals surface area (Å²) in [5.74, 6) is -0.279. The van der Waals surface area contributed by atoms with Crippen LogP contribution in [0, 0.1) is 0 Å². The Hall–Kier alpha value is -1.50. The first-order valence-electron chi connectivity index (χ1n) is 6.16. The average molecular weight is 283 g/mol. The van der Waals surface area contributed by atoms with Gasteiger partial charge in [0.1, 0.15) is 6.04 Å². The van der Waals surface area contributed by atoms with E-state index in [2.05, 4.69) is 15.3 Å². The lowest BCUT2D eigenvalue weighted by molar-refractivity contribution is -0.142. The van der Waals surface area contributed by atoms with Gasteiger partial charge >= 0.3 is 5.97 Å². The van der Waals surface area contributed by atoms with E-state index in [1.54, 1.807) is 18.0 Å². The van der Waals surface area contributed by atoms with Crippen LogP contribution in [0.15, 0.2) is 12.5 Å². The number of carboxylic acids is 1. The van der Waals surface area contributed by atoms with Crippen molar-refractivity contribution in [1.29, 1.82) is 0 Å². The number of aromatic nitrogens is 2. The van der Waals surface area contributed by atoms with Crippen molar-refractivity contribution in [1.82, 2.24) is 15.3 Å². The van der Waals surface area contributed by atoms with Crippen molar-refractivity contribution in [2.45, 2.75) is 37.0 Å². The molecule has 1 aromatic heterocycles. The molecule has 0 saturated carbocycles. The Labute approximate surface area is 115 Å². The third-order valence-corrected chi connectivity index (χ3v) is 4.80. The van der Waals surface area contributed by atoms with Gasteiger partial charge in [0.05, 0.1) is 11.1 Å². The van der Waals surface area contributed by atoms with Crippen LogP contribution in [0.2, 0.25) is 0 Å². The minimum absolute atomic E-state index is 0.193. The van der Waals surface area contributed by atoms with Crippen molar-refractivity contribution in [3.05, 3.63) is 18.2 Å². The van der Waals surface area contributed by atoms with Crippen LogP contribution in [0.1, 0.15) is 25.5 Å². The highest BCUT2D eigenvalue weighted by Gasteiger charge is 2.38. The van der Waals surface area contributed by atoms with Crippen LogP contribution in [0.4, 0.5) is 0 Å². The number of hydrogen-bond acceptors (Lipinski definition) is 4. The SMILES string of the molecule is CC1(C(=O)NC(Cc2cnc[nH]2)C(=O)O)CCCS1. The molecule has 7 heteroatoms. The first kappa shape index (κ1) is 13.9. The number of hydrogen-bond donors (Lipinski definition) is 3. The number of imidazole rings is 1. The van der Waals surface area contributed by atoms with Gasteiger partial charge in [-0.2, -0.15) is 0 Å². The number of nitrogens with zero attached hydrogens (tertiary/aromatic N) is 1. The van der Waals surface area contributed by atoms with Crippen molar-refractivity contribution < 1.29 is 14.7 Å². The lowest BCUT2D eigenvalue weighted by Crippen LogP contribution is -2.49. The molecule has 1 saturated heterocycles. The monoisotopic (exact) mass is 283 g/mol. The minimum atomic E-state index is -1.03. The molecule has 0 aliphatic carbocycles. The third-order valence-electron chi connectivity index (χ3n) is 3.28. The average Bonchev–Trinajstić information content (AvgIpc) is 3.00. The van der Waals surface area contributed by atoms with Crippen molar-refractivity contribution in [2.75, 3.05) is 5.75 Å². The van der Waals surface area contributed by atoms with E-state index >= 15 is 0 Å². The first-order chi connectivity index (χ1) is 9.01. The molecule has 0 aromatic carbocycles. The molecule has 2 rings (SSSR count). The molecular formula is C12H17N3O3S. The zero-order valence-electron chi connectivity index (χ0n) is 10.7. The summed E-state index contributed by atoms with van der Waals surface area (Å²) < 4.78 is -0.498. The summed E-state index contributed by atoms with van der Waals surface area (Å²) >= 11 is 1.59. The molecule has 1 aromatic rings. The quantitative estimate of drug-likeness (QED) is 0.743. The molecule has 0 radical (unpaired) electrons. The Morgan fingerprint density at radius 2 is 2.47 bits per heavy atom. The number of nitrogens with one attached hydrogen (secondary N) is 2. The van der Waals surface area contributed by atoms with E-state index in [1.165, 1.54) is 6.33 Å². The summed E-state index contributed by atoms with van der Waals surface area (Å²) in [7, 11) is 0. The van der Waals surface area contributed by atoms with Crippen molar-refractivity contribution in [3.63, 3.8) is 0 Å². The summed E-state index contributed by atoms with van der Waals surface area (Å²) in [6.45, 7) is 1.87. The van der Waals surface area contributed by atoms with Crippen LogP contribution in [-0.4, -0.2) is 43.5 Å². The summed E-state index contributed by atoms with van der Waals surface area (Å²) in [5, 5.41) is 11.8. The van der Waals surface area contributed by atoms with Crippen molar-refractivity contribution in [2.24, 2.45) is 0 Å². The van der Waals surface area contributed by atoms with Gasteiger partial charge in [-0.25, -0.2) is 9.78 Å². The molecular weight excluding hydrogens is 266 g/mol. The van der Waals surface area contributed by atoms with E-state index < -0.39 is 16.8 Å². The van der Waals surface area contributed by atoms with Crippen molar-refractivity contribution >= 4 is 23.6 Å². The molecule has 2 unspecified atom stereocenters. The fraction of sp³-hybridized carbons (Fsp3) is 0.583. The van der Waals surface area contributed by atoms with Crippen LogP contribution < -0.4 is 5.32 Å². The molecule has 1 fully saturated rings. The molecule has 3 N–H and O–H groups in total. The number of thioether (sulfide) groups is 1. The van der Waals surface area contributed by atoms with Gasteiger partial charge in [0.15, 0.2) is 0 Å². The highest BCUT2D eigenvalue weighted by atomic mass is 32.2. The van der Waals surface area contributed by atoms with Gasteiger partial charge in [0, 0.05) is 18.3 Å². The molecule has 1 amide bonds. The number of H-pyrrole nitrogens is 1. The van der Waals surface area contributed by atoms with E-state index in [0.29, 0.717) is 5.69 Å². The lowest BCUT2D eigenvalue weighted by atomic mass is 10.0. The summed E-state index contributed by atoms with van der Waals surface area (Å²) in [4.78, 5) is 30.1. The number of aliphatic carboxylic acids is 1. The van der Waals surface area contributed by atoms with Gasteiger partial charge < -0.3 is 15.4 Å². The van der Waals surface area contributed by atoms with Crippen molar-refractivity contribution in [3.8, 4) is 0 Å². The molecule has 19 heavy (non-hydrogen) atoms. The number of amides is 1. The maximum atomic E-state index is 12.2. The fourth-order valence-electron chi connectivity index (χ4n) is 2.09. The van der Waals surface area contributed by atoms with Crippen LogP contribution in [0.25, 0.3) is 0 Å². The van der Waals surface area contributed by atoms with Crippen LogP contribution in [0.3, 0.4) is 0 Å². The second-order valence-corrected chi connectivity index (χ2v) is 6.43. The summed E-state index contributed by atoms with van der Waals surface area (Å²) in [5.41, 5.74) is 0.692. The van der Waals surface area contributed by atoms with E-state index in [1.807, 2.05) is 6.92 Å². The van der Waals surface area contributed by atoms with Gasteiger partial charge in [-0.3, -0.25) is 4.79 Å². The number of carbonyl (C=O) groups is 2. The van der Waals surface area contributed by atoms with Gasteiger partial charge in [0.2, 0.25) is 5.91 Å². The van der Waals surface area contributed by atoms with Gasteiger partial charge in [-0.05, 0) is 25.5 Å². The predicted octanol–water partition coefficient (Wildman–Crippen LogP) is 0.807. The number of carboxylic acid groups (broad SMARTS) is 1. The standard InChI is InChI=1S/C12H17N3O3S/c1-12(3-2-4-19-12)11(18)15-9(10(16)17)5-8-6-13-7-14-8/h6-7,9H,2-5H2,1H3,(H,13,14)(H,15,18)(H,16,17). The smallest absolute Gasteiger partial charge is 0.326 e. The lowest BCUT2D eigenvalue weighted by Gasteiger charge is -2.24. The summed E-state index contributed by atoms with van der Waals surface area (Å²) in [6.07, 6.45) is 5.05. The first-order valence-corrected chi connectivity index (χ1v) is 7.15. The van der Waals surface area contributed by atoms with E-state index in [9.17, 15) is 14.7 Å². The molecule has 0 bridgehead atoms. The number of rotatable bonds is 5. The molecule has 2 atom stereocenters. The molecule has 1 aliphatic rings. The molecule has 2 heterocycles. The third kappa shape index (κ3) is 3.28. The van der Waals surface area contributed by atoms with E-state index in [-0.39, 0.29) is 12.3 Å². The molecule has 0 spiro atoms. The second-order valence-electron chi connectivity index (χ2n) is 4.83. The fourth-order valence-corrected chi connectivity index (χ4v) is 3.30.